The fourth-order valence-electron chi connectivity index (χ4n) is 1.95. The van der Waals surface area contributed by atoms with Crippen LogP contribution in [0, 0.1) is 0 Å². The molecule has 0 bridgehead atoms. The fourth-order valence-corrected chi connectivity index (χ4v) is 2.69. The molecule has 0 aliphatic heterocycles. The van der Waals surface area contributed by atoms with Crippen molar-refractivity contribution < 1.29 is 14.3 Å². The number of nitrogens with zero attached hydrogens (tertiary/aromatic N) is 1. The first-order valence-electron chi connectivity index (χ1n) is 6.40. The Hall–Kier alpha value is -2.40. The lowest BCUT2D eigenvalue weighted by molar-refractivity contribution is 0.0606. The average molecular weight is 299 g/mol. The Labute approximate surface area is 126 Å². The number of ether oxygens (including phenoxy) is 2. The van der Waals surface area contributed by atoms with Crippen molar-refractivity contribution in [1.29, 1.82) is 0 Å². The van der Waals surface area contributed by atoms with Gasteiger partial charge in [0, 0.05) is 16.8 Å². The zero-order valence-corrected chi connectivity index (χ0v) is 12.2. The molecule has 0 saturated heterocycles. The van der Waals surface area contributed by atoms with E-state index in [1.54, 1.807) is 11.4 Å². The second-order valence-electron chi connectivity index (χ2n) is 4.42. The van der Waals surface area contributed by atoms with Gasteiger partial charge < -0.3 is 9.47 Å². The number of fused-ring (bicyclic) bond motifs is 1. The molecule has 2 aromatic heterocycles. The van der Waals surface area contributed by atoms with Crippen LogP contribution in [0.2, 0.25) is 0 Å². The zero-order valence-electron chi connectivity index (χ0n) is 11.4. The predicted molar refractivity (Wildman–Crippen MR) is 81.7 cm³/mol. The van der Waals surface area contributed by atoms with E-state index in [1.807, 2.05) is 36.4 Å². The van der Waals surface area contributed by atoms with Crippen LogP contribution in [0.15, 0.2) is 47.8 Å². The maximum atomic E-state index is 11.4. The van der Waals surface area contributed by atoms with E-state index >= 15 is 0 Å². The molecule has 21 heavy (non-hydrogen) atoms. The van der Waals surface area contributed by atoms with Gasteiger partial charge >= 0.3 is 5.97 Å². The number of hydrogen-bond acceptors (Lipinski definition) is 5. The Kier molecular flexibility index (Phi) is 3.83. The normalized spacial score (nSPS) is 10.5. The maximum absolute atomic E-state index is 11.4. The van der Waals surface area contributed by atoms with Crippen LogP contribution >= 0.6 is 11.3 Å². The van der Waals surface area contributed by atoms with E-state index in [4.69, 9.17) is 4.74 Å². The van der Waals surface area contributed by atoms with E-state index in [-0.39, 0.29) is 5.97 Å². The number of hydrogen-bond donors (Lipinski definition) is 0. The highest BCUT2D eigenvalue weighted by molar-refractivity contribution is 7.12. The van der Waals surface area contributed by atoms with Gasteiger partial charge in [-0.1, -0.05) is 24.3 Å². The Bertz CT molecular complexity index is 782. The zero-order chi connectivity index (χ0) is 14.7. The molecule has 0 radical (unpaired) electrons. The summed E-state index contributed by atoms with van der Waals surface area (Å²) >= 11 is 1.30. The predicted octanol–water partition coefficient (Wildman–Crippen LogP) is 3.66. The van der Waals surface area contributed by atoms with E-state index in [1.165, 1.54) is 18.4 Å². The summed E-state index contributed by atoms with van der Waals surface area (Å²) in [5, 5.41) is 2.89. The van der Waals surface area contributed by atoms with Crippen LogP contribution < -0.4 is 4.74 Å². The van der Waals surface area contributed by atoms with Gasteiger partial charge in [0.25, 0.3) is 0 Å². The molecular formula is C16H13NO3S. The number of aromatic nitrogens is 1. The summed E-state index contributed by atoms with van der Waals surface area (Å²) in [6.45, 7) is 0.363. The van der Waals surface area contributed by atoms with Crippen LogP contribution in [0.1, 0.15) is 15.4 Å². The summed E-state index contributed by atoms with van der Waals surface area (Å²) < 4.78 is 10.3. The first-order valence-corrected chi connectivity index (χ1v) is 7.28. The van der Waals surface area contributed by atoms with Crippen LogP contribution in [0.3, 0.4) is 0 Å². The molecule has 0 unspecified atom stereocenters. The fraction of sp³-hybridized carbons (Fsp3) is 0.125. The summed E-state index contributed by atoms with van der Waals surface area (Å²) in [4.78, 5) is 16.4. The number of pyridine rings is 1. The minimum absolute atomic E-state index is 0.348. The van der Waals surface area contributed by atoms with Crippen LogP contribution in [0.25, 0.3) is 10.9 Å². The third kappa shape index (κ3) is 3.03. The maximum Gasteiger partial charge on any atom is 0.348 e. The molecule has 3 rings (SSSR count). The second-order valence-corrected chi connectivity index (χ2v) is 5.33. The molecule has 5 heteroatoms. The van der Waals surface area contributed by atoms with Gasteiger partial charge in [0.15, 0.2) is 0 Å². The van der Waals surface area contributed by atoms with Crippen molar-refractivity contribution in [2.45, 2.75) is 6.61 Å². The van der Waals surface area contributed by atoms with E-state index in [9.17, 15) is 4.79 Å². The van der Waals surface area contributed by atoms with E-state index in [0.717, 1.165) is 16.6 Å². The van der Waals surface area contributed by atoms with Gasteiger partial charge in [0.2, 0.25) is 0 Å². The first kappa shape index (κ1) is 13.6. The molecule has 1 aromatic carbocycles. The largest absolute Gasteiger partial charge is 0.486 e. The molecule has 0 atom stereocenters. The van der Waals surface area contributed by atoms with Gasteiger partial charge in [-0.15, -0.1) is 11.3 Å². The summed E-state index contributed by atoms with van der Waals surface area (Å²) in [5.74, 6) is 0.300. The summed E-state index contributed by atoms with van der Waals surface area (Å²) in [6.07, 6.45) is 0. The Morgan fingerprint density at radius 3 is 2.95 bits per heavy atom. The van der Waals surface area contributed by atoms with Gasteiger partial charge in [-0.2, -0.15) is 0 Å². The van der Waals surface area contributed by atoms with Crippen LogP contribution in [-0.2, 0) is 11.3 Å². The number of methoxy groups -OCH3 is 1. The van der Waals surface area contributed by atoms with Gasteiger partial charge in [0.1, 0.15) is 17.2 Å². The summed E-state index contributed by atoms with van der Waals surface area (Å²) in [5.41, 5.74) is 1.79. The first-order chi connectivity index (χ1) is 10.3. The molecule has 0 aliphatic rings. The minimum Gasteiger partial charge on any atom is -0.486 e. The van der Waals surface area contributed by atoms with Crippen molar-refractivity contribution in [2.75, 3.05) is 7.11 Å². The highest BCUT2D eigenvalue weighted by Gasteiger charge is 2.09. The van der Waals surface area contributed by atoms with Crippen molar-refractivity contribution in [1.82, 2.24) is 4.98 Å². The smallest absolute Gasteiger partial charge is 0.348 e. The van der Waals surface area contributed by atoms with Crippen molar-refractivity contribution in [3.8, 4) is 5.75 Å². The standard InChI is InChI=1S/C16H13NO3S/c1-19-16(18)15-8-13(10-21-15)20-9-12-7-6-11-4-2-3-5-14(11)17-12/h2-8,10H,9H2,1H3. The summed E-state index contributed by atoms with van der Waals surface area (Å²) in [6, 6.07) is 13.6. The van der Waals surface area contributed by atoms with Gasteiger partial charge in [-0.05, 0) is 12.1 Å². The van der Waals surface area contributed by atoms with Gasteiger partial charge in [-0.25, -0.2) is 9.78 Å². The highest BCUT2D eigenvalue weighted by atomic mass is 32.1. The van der Waals surface area contributed by atoms with E-state index in [0.29, 0.717) is 17.2 Å². The van der Waals surface area contributed by atoms with E-state index in [2.05, 4.69) is 9.72 Å². The summed E-state index contributed by atoms with van der Waals surface area (Å²) in [7, 11) is 1.36. The lowest BCUT2D eigenvalue weighted by Crippen LogP contribution is -1.99. The monoisotopic (exact) mass is 299 g/mol. The topological polar surface area (TPSA) is 48.4 Å². The molecule has 4 nitrogen and oxygen atoms in total. The van der Waals surface area contributed by atoms with E-state index < -0.39 is 0 Å². The van der Waals surface area contributed by atoms with Crippen LogP contribution in [-0.4, -0.2) is 18.1 Å². The molecule has 0 aliphatic carbocycles. The third-order valence-corrected chi connectivity index (χ3v) is 3.89. The quantitative estimate of drug-likeness (QED) is 0.690. The Morgan fingerprint density at radius 1 is 1.24 bits per heavy atom. The molecule has 106 valence electrons. The molecule has 3 aromatic rings. The molecule has 2 heterocycles. The van der Waals surface area contributed by atoms with Crippen LogP contribution in [0.4, 0.5) is 0 Å². The van der Waals surface area contributed by atoms with Gasteiger partial charge in [-0.3, -0.25) is 0 Å². The van der Waals surface area contributed by atoms with Gasteiger partial charge in [0.05, 0.1) is 18.3 Å². The molecule has 0 amide bonds. The number of thiophene rings is 1. The molecular weight excluding hydrogens is 286 g/mol. The van der Waals surface area contributed by atoms with Crippen molar-refractivity contribution in [3.05, 3.63) is 58.4 Å². The number of esters is 1. The lowest BCUT2D eigenvalue weighted by atomic mass is 10.2. The average Bonchev–Trinajstić information content (AvgIpc) is 3.01. The van der Waals surface area contributed by atoms with Crippen molar-refractivity contribution in [2.24, 2.45) is 0 Å². The molecule has 0 N–H and O–H groups in total. The minimum atomic E-state index is -0.348. The Morgan fingerprint density at radius 2 is 2.10 bits per heavy atom. The Balaban J connectivity index is 1.71. The third-order valence-electron chi connectivity index (χ3n) is 3.00. The lowest BCUT2D eigenvalue weighted by Gasteiger charge is -2.04. The number of carbonyl (C=O) groups excluding carboxylic acids is 1. The number of rotatable bonds is 4. The SMILES string of the molecule is COC(=O)c1cc(OCc2ccc3ccccc3n2)cs1. The van der Waals surface area contributed by atoms with Crippen molar-refractivity contribution in [3.63, 3.8) is 0 Å². The number of para-hydroxylation sites is 1. The number of benzene rings is 1. The van der Waals surface area contributed by atoms with Crippen LogP contribution in [0.5, 0.6) is 5.75 Å². The molecule has 0 spiro atoms. The second kappa shape index (κ2) is 5.93. The molecule has 0 fully saturated rings. The number of carbonyl (C=O) groups is 1. The van der Waals surface area contributed by atoms with Crippen molar-refractivity contribution >= 4 is 28.2 Å². The highest BCUT2D eigenvalue weighted by Crippen LogP contribution is 2.23. The molecule has 0 saturated carbocycles.